The fourth-order valence-corrected chi connectivity index (χ4v) is 2.41. The molecule has 1 aliphatic rings. The SMILES string of the molecule is c1ccc2c(c1)NCN2c1cc2ccccc2o1. The van der Waals surface area contributed by atoms with E-state index in [0.717, 1.165) is 34.9 Å². The minimum atomic E-state index is 0.749. The van der Waals surface area contributed by atoms with E-state index in [4.69, 9.17) is 4.42 Å². The average Bonchev–Trinajstić information content (AvgIpc) is 3.02. The summed E-state index contributed by atoms with van der Waals surface area (Å²) in [6, 6.07) is 18.4. The van der Waals surface area contributed by atoms with Crippen molar-refractivity contribution in [3.63, 3.8) is 0 Å². The summed E-state index contributed by atoms with van der Waals surface area (Å²) in [6.07, 6.45) is 0. The fraction of sp³-hybridized carbons (Fsp3) is 0.0667. The molecule has 4 rings (SSSR count). The minimum Gasteiger partial charge on any atom is -0.440 e. The molecule has 2 heterocycles. The van der Waals surface area contributed by atoms with Crippen molar-refractivity contribution < 1.29 is 4.42 Å². The Morgan fingerprint density at radius 1 is 1.00 bits per heavy atom. The zero-order chi connectivity index (χ0) is 11.9. The van der Waals surface area contributed by atoms with E-state index in [1.54, 1.807) is 0 Å². The van der Waals surface area contributed by atoms with Crippen molar-refractivity contribution in [2.75, 3.05) is 16.9 Å². The number of anilines is 3. The zero-order valence-electron chi connectivity index (χ0n) is 9.76. The van der Waals surface area contributed by atoms with Crippen LogP contribution in [0.2, 0.25) is 0 Å². The van der Waals surface area contributed by atoms with Crippen molar-refractivity contribution in [2.24, 2.45) is 0 Å². The second-order valence-electron chi connectivity index (χ2n) is 4.40. The maximum Gasteiger partial charge on any atom is 0.202 e. The van der Waals surface area contributed by atoms with Crippen LogP contribution in [0.4, 0.5) is 17.3 Å². The second-order valence-corrected chi connectivity index (χ2v) is 4.40. The Morgan fingerprint density at radius 2 is 1.83 bits per heavy atom. The van der Waals surface area contributed by atoms with Crippen molar-refractivity contribution in [1.29, 1.82) is 0 Å². The lowest BCUT2D eigenvalue weighted by molar-refractivity contribution is 0.612. The summed E-state index contributed by atoms with van der Waals surface area (Å²) in [7, 11) is 0. The molecule has 0 amide bonds. The number of fused-ring (bicyclic) bond motifs is 2. The molecule has 0 radical (unpaired) electrons. The Hall–Kier alpha value is -2.42. The lowest BCUT2D eigenvalue weighted by Crippen LogP contribution is -2.15. The number of para-hydroxylation sites is 3. The molecule has 1 N–H and O–H groups in total. The van der Waals surface area contributed by atoms with Crippen LogP contribution in [-0.2, 0) is 0 Å². The summed E-state index contributed by atoms with van der Waals surface area (Å²) in [5.41, 5.74) is 3.24. The number of hydrogen-bond donors (Lipinski definition) is 1. The lowest BCUT2D eigenvalue weighted by atomic mass is 10.2. The van der Waals surface area contributed by atoms with Crippen molar-refractivity contribution in [2.45, 2.75) is 0 Å². The van der Waals surface area contributed by atoms with Crippen LogP contribution >= 0.6 is 0 Å². The van der Waals surface area contributed by atoms with Gasteiger partial charge in [-0.3, -0.25) is 4.90 Å². The molecule has 0 aliphatic carbocycles. The molecule has 0 atom stereocenters. The second kappa shape index (κ2) is 3.53. The molecular weight excluding hydrogens is 224 g/mol. The quantitative estimate of drug-likeness (QED) is 0.693. The van der Waals surface area contributed by atoms with Crippen molar-refractivity contribution in [1.82, 2.24) is 0 Å². The highest BCUT2D eigenvalue weighted by molar-refractivity contribution is 5.86. The largest absolute Gasteiger partial charge is 0.440 e. The Kier molecular flexibility index (Phi) is 1.88. The number of rotatable bonds is 1. The summed E-state index contributed by atoms with van der Waals surface area (Å²) in [6.45, 7) is 0.749. The molecular formula is C15H12N2O. The molecule has 3 nitrogen and oxygen atoms in total. The third-order valence-corrected chi connectivity index (χ3v) is 3.30. The van der Waals surface area contributed by atoms with Crippen LogP contribution in [-0.4, -0.2) is 6.67 Å². The molecule has 1 aromatic heterocycles. The first-order valence-corrected chi connectivity index (χ1v) is 6.01. The molecule has 3 heteroatoms. The third kappa shape index (κ3) is 1.31. The van der Waals surface area contributed by atoms with Crippen molar-refractivity contribution in [3.8, 4) is 0 Å². The van der Waals surface area contributed by atoms with E-state index >= 15 is 0 Å². The van der Waals surface area contributed by atoms with E-state index < -0.39 is 0 Å². The highest BCUT2D eigenvalue weighted by atomic mass is 16.4. The van der Waals surface area contributed by atoms with E-state index in [1.807, 2.05) is 30.3 Å². The Balaban J connectivity index is 1.85. The van der Waals surface area contributed by atoms with Gasteiger partial charge < -0.3 is 9.73 Å². The van der Waals surface area contributed by atoms with Crippen molar-refractivity contribution in [3.05, 3.63) is 54.6 Å². The van der Waals surface area contributed by atoms with E-state index in [1.165, 1.54) is 0 Å². The first kappa shape index (κ1) is 9.59. The molecule has 0 spiro atoms. The van der Waals surface area contributed by atoms with E-state index in [9.17, 15) is 0 Å². The normalized spacial score (nSPS) is 13.7. The van der Waals surface area contributed by atoms with Crippen LogP contribution < -0.4 is 10.2 Å². The summed E-state index contributed by atoms with van der Waals surface area (Å²) in [4.78, 5) is 2.15. The summed E-state index contributed by atoms with van der Waals surface area (Å²) in [5, 5.41) is 4.49. The van der Waals surface area contributed by atoms with Gasteiger partial charge in [0.15, 0.2) is 0 Å². The number of hydrogen-bond acceptors (Lipinski definition) is 3. The standard InChI is InChI=1S/C15H12N2O/c1-4-8-14-11(5-1)9-15(18-14)17-10-16-12-6-2-3-7-13(12)17/h1-9,16H,10H2. The topological polar surface area (TPSA) is 28.4 Å². The van der Waals surface area contributed by atoms with Gasteiger partial charge in [-0.15, -0.1) is 0 Å². The van der Waals surface area contributed by atoms with Gasteiger partial charge in [0, 0.05) is 11.5 Å². The van der Waals surface area contributed by atoms with Crippen LogP contribution in [0.1, 0.15) is 0 Å². The van der Waals surface area contributed by atoms with Crippen molar-refractivity contribution >= 4 is 28.2 Å². The average molecular weight is 236 g/mol. The smallest absolute Gasteiger partial charge is 0.202 e. The van der Waals surface area contributed by atoms with Crippen LogP contribution in [0.25, 0.3) is 11.0 Å². The zero-order valence-corrected chi connectivity index (χ0v) is 9.76. The van der Waals surface area contributed by atoms with Crippen LogP contribution in [0.3, 0.4) is 0 Å². The third-order valence-electron chi connectivity index (χ3n) is 3.30. The summed E-state index contributed by atoms with van der Waals surface area (Å²) in [5.74, 6) is 0.883. The van der Waals surface area contributed by atoms with Gasteiger partial charge in [0.05, 0.1) is 18.0 Å². The molecule has 2 aromatic carbocycles. The first-order valence-electron chi connectivity index (χ1n) is 6.01. The van der Waals surface area contributed by atoms with Gasteiger partial charge >= 0.3 is 0 Å². The molecule has 0 unspecified atom stereocenters. The molecule has 0 saturated carbocycles. The minimum absolute atomic E-state index is 0.749. The monoisotopic (exact) mass is 236 g/mol. The molecule has 0 bridgehead atoms. The van der Waals surface area contributed by atoms with Crippen LogP contribution in [0.15, 0.2) is 59.0 Å². The Morgan fingerprint density at radius 3 is 2.78 bits per heavy atom. The molecule has 88 valence electrons. The Bertz CT molecular complexity index is 684. The van der Waals surface area contributed by atoms with Gasteiger partial charge in [0.25, 0.3) is 0 Å². The predicted molar refractivity (Wildman–Crippen MR) is 73.3 cm³/mol. The van der Waals surface area contributed by atoms with E-state index in [2.05, 4.69) is 34.5 Å². The fourth-order valence-electron chi connectivity index (χ4n) is 2.41. The molecule has 0 fully saturated rings. The van der Waals surface area contributed by atoms with Crippen LogP contribution in [0, 0.1) is 0 Å². The van der Waals surface area contributed by atoms with Gasteiger partial charge in [-0.05, 0) is 18.2 Å². The van der Waals surface area contributed by atoms with Gasteiger partial charge in [0.2, 0.25) is 5.88 Å². The maximum atomic E-state index is 5.89. The van der Waals surface area contributed by atoms with Gasteiger partial charge in [-0.1, -0.05) is 30.3 Å². The summed E-state index contributed by atoms with van der Waals surface area (Å²) < 4.78 is 5.89. The van der Waals surface area contributed by atoms with E-state index in [-0.39, 0.29) is 0 Å². The molecule has 0 saturated heterocycles. The maximum absolute atomic E-state index is 5.89. The highest BCUT2D eigenvalue weighted by Crippen LogP contribution is 2.38. The van der Waals surface area contributed by atoms with Crippen LogP contribution in [0.5, 0.6) is 0 Å². The molecule has 18 heavy (non-hydrogen) atoms. The molecule has 1 aliphatic heterocycles. The van der Waals surface area contributed by atoms with E-state index in [0.29, 0.717) is 0 Å². The predicted octanol–water partition coefficient (Wildman–Crippen LogP) is 3.95. The highest BCUT2D eigenvalue weighted by Gasteiger charge is 2.21. The molecule has 3 aromatic rings. The number of benzene rings is 2. The first-order chi connectivity index (χ1) is 8.92. The number of nitrogens with one attached hydrogen (secondary N) is 1. The Labute approximate surface area is 105 Å². The lowest BCUT2D eigenvalue weighted by Gasteiger charge is -2.13. The number of furan rings is 1. The van der Waals surface area contributed by atoms with Gasteiger partial charge in [-0.25, -0.2) is 0 Å². The van der Waals surface area contributed by atoms with Gasteiger partial charge in [-0.2, -0.15) is 0 Å². The number of nitrogens with zero attached hydrogens (tertiary/aromatic N) is 1. The van der Waals surface area contributed by atoms with Gasteiger partial charge in [0.1, 0.15) is 5.58 Å². The summed E-state index contributed by atoms with van der Waals surface area (Å²) >= 11 is 0.